The van der Waals surface area contributed by atoms with Crippen LogP contribution in [0, 0.1) is 0 Å². The molecule has 2 rings (SSSR count). The summed E-state index contributed by atoms with van der Waals surface area (Å²) in [5, 5.41) is 1.55. The van der Waals surface area contributed by atoms with Gasteiger partial charge in [0.05, 0.1) is 0 Å². The summed E-state index contributed by atoms with van der Waals surface area (Å²) < 4.78 is 36.9. The second kappa shape index (κ2) is 3.80. The van der Waals surface area contributed by atoms with Crippen LogP contribution in [0.15, 0.2) is 18.2 Å². The fourth-order valence-electron chi connectivity index (χ4n) is 2.53. The van der Waals surface area contributed by atoms with Crippen molar-refractivity contribution in [3.05, 3.63) is 23.8 Å². The van der Waals surface area contributed by atoms with Crippen LogP contribution in [0.5, 0.6) is 0 Å². The predicted octanol–water partition coefficient (Wildman–Crippen LogP) is 3.73. The lowest BCUT2D eigenvalue weighted by Gasteiger charge is -2.28. The van der Waals surface area contributed by atoms with Gasteiger partial charge in [0.2, 0.25) is 0 Å². The molecule has 1 aromatic carbocycles. The van der Waals surface area contributed by atoms with Gasteiger partial charge in [0.25, 0.3) is 0 Å². The predicted molar refractivity (Wildman–Crippen MR) is 67.0 cm³/mol. The van der Waals surface area contributed by atoms with Gasteiger partial charge in [-0.25, -0.2) is 0 Å². The number of rotatable bonds is 1. The van der Waals surface area contributed by atoms with Crippen molar-refractivity contribution in [3.8, 4) is 0 Å². The number of halogens is 3. The molecule has 0 aromatic heterocycles. The number of nitrogens with zero attached hydrogens (tertiary/aromatic N) is 1. The van der Waals surface area contributed by atoms with Crippen LogP contribution in [0.4, 0.5) is 24.5 Å². The zero-order valence-corrected chi connectivity index (χ0v) is 10.9. The third-order valence-electron chi connectivity index (χ3n) is 3.98. The molecule has 0 saturated carbocycles. The minimum absolute atomic E-state index is 0.0547. The maximum atomic E-state index is 12.3. The molecule has 1 aliphatic rings. The molecule has 18 heavy (non-hydrogen) atoms. The molecule has 0 aliphatic carbocycles. The highest BCUT2D eigenvalue weighted by molar-refractivity contribution is 5.69. The second-order valence-electron chi connectivity index (χ2n) is 5.36. The second-order valence-corrected chi connectivity index (χ2v) is 5.36. The van der Waals surface area contributed by atoms with Gasteiger partial charge in [-0.3, -0.25) is 5.32 Å². The van der Waals surface area contributed by atoms with Gasteiger partial charge in [-0.1, -0.05) is 19.9 Å². The van der Waals surface area contributed by atoms with E-state index in [9.17, 15) is 13.2 Å². The van der Waals surface area contributed by atoms with Gasteiger partial charge in [-0.05, 0) is 24.6 Å². The summed E-state index contributed by atoms with van der Waals surface area (Å²) >= 11 is 0. The van der Waals surface area contributed by atoms with Gasteiger partial charge >= 0.3 is 6.30 Å². The lowest BCUT2D eigenvalue weighted by atomic mass is 9.81. The summed E-state index contributed by atoms with van der Waals surface area (Å²) in [7, 11) is 1.91. The minimum atomic E-state index is -4.40. The van der Waals surface area contributed by atoms with Crippen LogP contribution in [-0.4, -0.2) is 19.4 Å². The van der Waals surface area contributed by atoms with Gasteiger partial charge in [0.1, 0.15) is 0 Å². The maximum Gasteiger partial charge on any atom is 0.482 e. The third kappa shape index (κ3) is 2.02. The van der Waals surface area contributed by atoms with Crippen molar-refractivity contribution in [3.63, 3.8) is 0 Å². The van der Waals surface area contributed by atoms with Gasteiger partial charge < -0.3 is 4.90 Å². The van der Waals surface area contributed by atoms with Gasteiger partial charge in [-0.2, -0.15) is 13.2 Å². The van der Waals surface area contributed by atoms with Crippen LogP contribution in [-0.2, 0) is 5.41 Å². The van der Waals surface area contributed by atoms with Crippen molar-refractivity contribution in [1.29, 1.82) is 0 Å². The highest BCUT2D eigenvalue weighted by Crippen LogP contribution is 2.45. The number of anilines is 2. The summed E-state index contributed by atoms with van der Waals surface area (Å²) in [5.74, 6) is 0. The van der Waals surface area contributed by atoms with Crippen molar-refractivity contribution in [2.75, 3.05) is 17.3 Å². The van der Waals surface area contributed by atoms with E-state index in [0.29, 0.717) is 0 Å². The van der Waals surface area contributed by atoms with Crippen molar-refractivity contribution >= 4 is 11.4 Å². The van der Waals surface area contributed by atoms with E-state index in [2.05, 4.69) is 20.8 Å². The largest absolute Gasteiger partial charge is 0.482 e. The molecule has 0 spiro atoms. The molecule has 0 bridgehead atoms. The average molecular weight is 258 g/mol. The van der Waals surface area contributed by atoms with E-state index in [0.717, 1.165) is 11.3 Å². The first-order valence-electron chi connectivity index (χ1n) is 5.85. The highest BCUT2D eigenvalue weighted by atomic mass is 19.4. The van der Waals surface area contributed by atoms with E-state index in [4.69, 9.17) is 0 Å². The molecule has 0 saturated heterocycles. The molecule has 1 N–H and O–H groups in total. The SMILES string of the molecule is CC1N(C)c2cc(NC(F)(F)F)ccc2C1(C)C. The van der Waals surface area contributed by atoms with Crippen molar-refractivity contribution < 1.29 is 13.2 Å². The van der Waals surface area contributed by atoms with Crippen LogP contribution in [0.2, 0.25) is 0 Å². The number of alkyl halides is 3. The summed E-state index contributed by atoms with van der Waals surface area (Å²) in [5.41, 5.74) is 1.98. The standard InChI is InChI=1S/C13H17F3N2/c1-8-12(2,3)10-6-5-9(17-13(14,15)16)7-11(10)18(8)4/h5-8,17H,1-4H3. The topological polar surface area (TPSA) is 15.3 Å². The van der Waals surface area contributed by atoms with Crippen LogP contribution in [0.3, 0.4) is 0 Å². The van der Waals surface area contributed by atoms with Crippen LogP contribution < -0.4 is 10.2 Å². The molecule has 1 atom stereocenters. The van der Waals surface area contributed by atoms with Gasteiger partial charge in [-0.15, -0.1) is 0 Å². The highest BCUT2D eigenvalue weighted by Gasteiger charge is 2.40. The number of fused-ring (bicyclic) bond motifs is 1. The zero-order valence-electron chi connectivity index (χ0n) is 10.9. The Bertz CT molecular complexity index is 466. The molecule has 1 aliphatic heterocycles. The first-order valence-corrected chi connectivity index (χ1v) is 5.85. The van der Waals surface area contributed by atoms with Crippen LogP contribution in [0.1, 0.15) is 26.3 Å². The normalized spacial score (nSPS) is 21.9. The summed E-state index contributed by atoms with van der Waals surface area (Å²) in [6.07, 6.45) is -4.40. The molecule has 0 amide bonds. The van der Waals surface area contributed by atoms with Crippen molar-refractivity contribution in [2.45, 2.75) is 38.5 Å². The fourth-order valence-corrected chi connectivity index (χ4v) is 2.53. The molecule has 1 unspecified atom stereocenters. The molecule has 5 heteroatoms. The van der Waals surface area contributed by atoms with E-state index in [1.54, 1.807) is 17.4 Å². The molecule has 1 aromatic rings. The Morgan fingerprint density at radius 2 is 1.89 bits per heavy atom. The number of nitrogens with one attached hydrogen (secondary N) is 1. The lowest BCUT2D eigenvalue weighted by Crippen LogP contribution is -2.36. The Kier molecular flexibility index (Phi) is 2.76. The monoisotopic (exact) mass is 258 g/mol. The number of likely N-dealkylation sites (N-methyl/N-ethyl adjacent to an activating group) is 1. The summed E-state index contributed by atoms with van der Waals surface area (Å²) in [4.78, 5) is 2.02. The Morgan fingerprint density at radius 1 is 1.28 bits per heavy atom. The van der Waals surface area contributed by atoms with E-state index in [1.165, 1.54) is 6.07 Å². The quantitative estimate of drug-likeness (QED) is 0.772. The van der Waals surface area contributed by atoms with Crippen molar-refractivity contribution in [1.82, 2.24) is 0 Å². The van der Waals surface area contributed by atoms with Crippen molar-refractivity contribution in [2.24, 2.45) is 0 Å². The Labute approximate surface area is 105 Å². The number of benzene rings is 1. The maximum absolute atomic E-state index is 12.3. The molecule has 100 valence electrons. The third-order valence-corrected chi connectivity index (χ3v) is 3.98. The Morgan fingerprint density at radius 3 is 2.44 bits per heavy atom. The number of hydrogen-bond donors (Lipinski definition) is 1. The molecular formula is C13H17F3N2. The molecule has 1 heterocycles. The van der Waals surface area contributed by atoms with Gasteiger partial charge in [0, 0.05) is 29.9 Å². The van der Waals surface area contributed by atoms with Gasteiger partial charge in [0.15, 0.2) is 0 Å². The molecule has 0 radical (unpaired) electrons. The van der Waals surface area contributed by atoms with E-state index >= 15 is 0 Å². The Balaban J connectivity index is 2.41. The molecule has 2 nitrogen and oxygen atoms in total. The van der Waals surface area contributed by atoms with Crippen LogP contribution in [0.25, 0.3) is 0 Å². The first kappa shape index (κ1) is 13.1. The smallest absolute Gasteiger partial charge is 0.371 e. The van der Waals surface area contributed by atoms with E-state index in [1.807, 2.05) is 11.9 Å². The molecule has 0 fully saturated rings. The summed E-state index contributed by atoms with van der Waals surface area (Å²) in [6.45, 7) is 6.30. The average Bonchev–Trinajstić information content (AvgIpc) is 2.38. The lowest BCUT2D eigenvalue weighted by molar-refractivity contribution is -0.0999. The first-order chi connectivity index (χ1) is 8.13. The van der Waals surface area contributed by atoms with E-state index in [-0.39, 0.29) is 17.1 Å². The van der Waals surface area contributed by atoms with E-state index < -0.39 is 6.30 Å². The minimum Gasteiger partial charge on any atom is -0.371 e. The molecular weight excluding hydrogens is 241 g/mol. The number of hydrogen-bond acceptors (Lipinski definition) is 2. The van der Waals surface area contributed by atoms with Crippen LogP contribution >= 0.6 is 0 Å². The Hall–Kier alpha value is -1.39. The summed E-state index contributed by atoms with van der Waals surface area (Å²) in [6, 6.07) is 5.09. The zero-order chi connectivity index (χ0) is 13.7. The fraction of sp³-hybridized carbons (Fsp3) is 0.538.